The summed E-state index contributed by atoms with van der Waals surface area (Å²) < 4.78 is 36.9. The van der Waals surface area contributed by atoms with E-state index in [1.807, 2.05) is 13.0 Å². The number of aliphatic hydroxyl groups excluding tert-OH is 1. The van der Waals surface area contributed by atoms with Gasteiger partial charge in [-0.3, -0.25) is 0 Å². The van der Waals surface area contributed by atoms with Crippen molar-refractivity contribution < 1.29 is 63.3 Å². The fourth-order valence-electron chi connectivity index (χ4n) is 1.77. The van der Waals surface area contributed by atoms with Crippen molar-refractivity contribution in [2.75, 3.05) is 30.9 Å². The van der Waals surface area contributed by atoms with Gasteiger partial charge in [-0.05, 0) is 19.1 Å². The predicted molar refractivity (Wildman–Crippen MR) is 78.7 cm³/mol. The molecule has 0 aliphatic heterocycles. The summed E-state index contributed by atoms with van der Waals surface area (Å²) in [7, 11) is -2.87. The molecule has 0 amide bonds. The van der Waals surface area contributed by atoms with Crippen LogP contribution in [0.2, 0.25) is 0 Å². The standard InChI is InChI=1S/C12H19NO5S.Na.2H2O/c1-3-13(8-11(14)9-19(15,16)17)10-5-4-6-12(7-10)18-2;;;/h4-7,11,14H,3,8-9H2,1-2H3,(H,15,16,17);;2*1H2/q;+1;;/p-1. The number of nitrogens with zero attached hydrogens (tertiary/aromatic N) is 1. The molecule has 1 aromatic carbocycles. The van der Waals surface area contributed by atoms with Crippen LogP contribution >= 0.6 is 0 Å². The maximum atomic E-state index is 10.6. The van der Waals surface area contributed by atoms with Crippen LogP contribution in [0.5, 0.6) is 5.75 Å². The molecule has 22 heavy (non-hydrogen) atoms. The number of likely N-dealkylation sites (N-methyl/N-ethyl adjacent to an activating group) is 1. The van der Waals surface area contributed by atoms with Crippen molar-refractivity contribution in [1.29, 1.82) is 0 Å². The molecule has 0 saturated heterocycles. The molecular weight excluding hydrogens is 325 g/mol. The number of ether oxygens (including phenoxy) is 1. The molecule has 0 aromatic heterocycles. The van der Waals surface area contributed by atoms with Gasteiger partial charge in [-0.2, -0.15) is 0 Å². The zero-order valence-electron chi connectivity index (χ0n) is 12.9. The van der Waals surface area contributed by atoms with Gasteiger partial charge in [0.25, 0.3) is 0 Å². The average molecular weight is 347 g/mol. The van der Waals surface area contributed by atoms with Crippen molar-refractivity contribution in [2.45, 2.75) is 13.0 Å². The first-order valence-electron chi connectivity index (χ1n) is 5.86. The van der Waals surface area contributed by atoms with E-state index in [0.29, 0.717) is 12.3 Å². The summed E-state index contributed by atoms with van der Waals surface area (Å²) in [6, 6.07) is 7.19. The second kappa shape index (κ2) is 12.1. The Bertz CT molecular complexity index is 512. The summed E-state index contributed by atoms with van der Waals surface area (Å²) in [5.41, 5.74) is 0.796. The molecule has 0 saturated carbocycles. The Morgan fingerprint density at radius 2 is 1.95 bits per heavy atom. The van der Waals surface area contributed by atoms with E-state index in [9.17, 15) is 18.1 Å². The Balaban J connectivity index is -0.00000120. The monoisotopic (exact) mass is 347 g/mol. The SMILES string of the molecule is CCN(CC(O)CS(=O)(=O)[O-])c1cccc(OC)c1.O.O.[Na+]. The summed E-state index contributed by atoms with van der Waals surface area (Å²) in [4.78, 5) is 1.78. The molecule has 1 aromatic rings. The van der Waals surface area contributed by atoms with Crippen LogP contribution in [-0.2, 0) is 10.1 Å². The third-order valence-electron chi connectivity index (χ3n) is 2.63. The molecular formula is C12H22NNaO7S. The van der Waals surface area contributed by atoms with Crippen LogP contribution < -0.4 is 39.2 Å². The minimum Gasteiger partial charge on any atom is -0.748 e. The van der Waals surface area contributed by atoms with Gasteiger partial charge in [-0.25, -0.2) is 8.42 Å². The molecule has 1 unspecified atom stereocenters. The van der Waals surface area contributed by atoms with Gasteiger partial charge >= 0.3 is 29.6 Å². The number of hydrogen-bond donors (Lipinski definition) is 1. The van der Waals surface area contributed by atoms with Crippen LogP contribution in [0.4, 0.5) is 5.69 Å². The molecule has 5 N–H and O–H groups in total. The fourth-order valence-corrected chi connectivity index (χ4v) is 2.34. The summed E-state index contributed by atoms with van der Waals surface area (Å²) in [6.07, 6.45) is -1.21. The van der Waals surface area contributed by atoms with Crippen molar-refractivity contribution in [2.24, 2.45) is 0 Å². The second-order valence-electron chi connectivity index (χ2n) is 4.12. The summed E-state index contributed by atoms with van der Waals surface area (Å²) in [5, 5.41) is 9.62. The maximum absolute atomic E-state index is 10.6. The van der Waals surface area contributed by atoms with E-state index in [-0.39, 0.29) is 47.1 Å². The van der Waals surface area contributed by atoms with E-state index in [1.54, 1.807) is 30.2 Å². The Hall–Kier alpha value is -0.390. The van der Waals surface area contributed by atoms with E-state index in [2.05, 4.69) is 0 Å². The Morgan fingerprint density at radius 1 is 1.36 bits per heavy atom. The third-order valence-corrected chi connectivity index (χ3v) is 3.42. The fraction of sp³-hybridized carbons (Fsp3) is 0.500. The summed E-state index contributed by atoms with van der Waals surface area (Å²) in [6.45, 7) is 2.52. The third kappa shape index (κ3) is 9.59. The normalized spacial score (nSPS) is 11.3. The number of aliphatic hydroxyl groups is 1. The largest absolute Gasteiger partial charge is 1.00 e. The molecule has 1 rings (SSSR count). The first-order chi connectivity index (χ1) is 8.85. The van der Waals surface area contributed by atoms with Gasteiger partial charge in [-0.1, -0.05) is 6.07 Å². The zero-order valence-corrected chi connectivity index (χ0v) is 15.8. The van der Waals surface area contributed by atoms with Crippen LogP contribution in [-0.4, -0.2) is 61.1 Å². The van der Waals surface area contributed by atoms with Gasteiger partial charge < -0.3 is 30.2 Å². The Morgan fingerprint density at radius 3 is 2.41 bits per heavy atom. The quantitative estimate of drug-likeness (QED) is 0.389. The predicted octanol–water partition coefficient (Wildman–Crippen LogP) is -4.22. The van der Waals surface area contributed by atoms with E-state index >= 15 is 0 Å². The van der Waals surface area contributed by atoms with Crippen molar-refractivity contribution in [1.82, 2.24) is 0 Å². The first-order valence-corrected chi connectivity index (χ1v) is 7.44. The first kappa shape index (κ1) is 26.5. The Kier molecular flexibility index (Phi) is 14.6. The molecule has 0 fully saturated rings. The van der Waals surface area contributed by atoms with Crippen LogP contribution in [0.3, 0.4) is 0 Å². The average Bonchev–Trinajstić information content (AvgIpc) is 2.34. The van der Waals surface area contributed by atoms with Gasteiger partial charge in [0.05, 0.1) is 29.1 Å². The molecule has 0 spiro atoms. The van der Waals surface area contributed by atoms with Crippen molar-refractivity contribution in [3.63, 3.8) is 0 Å². The van der Waals surface area contributed by atoms with Crippen molar-refractivity contribution in [3.8, 4) is 5.75 Å². The molecule has 10 heteroatoms. The topological polar surface area (TPSA) is 153 Å². The molecule has 0 radical (unpaired) electrons. The number of hydrogen-bond acceptors (Lipinski definition) is 6. The van der Waals surface area contributed by atoms with Gasteiger partial charge in [0.1, 0.15) is 5.75 Å². The molecule has 0 bridgehead atoms. The minimum absolute atomic E-state index is 0. The Labute approximate surface area is 152 Å². The van der Waals surface area contributed by atoms with Gasteiger partial charge in [-0.15, -0.1) is 0 Å². The van der Waals surface area contributed by atoms with Crippen molar-refractivity contribution in [3.05, 3.63) is 24.3 Å². The molecule has 0 aliphatic carbocycles. The second-order valence-corrected chi connectivity index (χ2v) is 5.57. The summed E-state index contributed by atoms with van der Waals surface area (Å²) >= 11 is 0. The van der Waals surface area contributed by atoms with Crippen LogP contribution in [0.25, 0.3) is 0 Å². The molecule has 0 aliphatic rings. The van der Waals surface area contributed by atoms with Crippen molar-refractivity contribution >= 4 is 15.8 Å². The van der Waals surface area contributed by atoms with Crippen LogP contribution in [0, 0.1) is 0 Å². The van der Waals surface area contributed by atoms with E-state index in [4.69, 9.17) is 4.74 Å². The number of rotatable bonds is 7. The summed E-state index contributed by atoms with van der Waals surface area (Å²) in [5.74, 6) is -0.116. The van der Waals surface area contributed by atoms with Crippen LogP contribution in [0.1, 0.15) is 6.92 Å². The molecule has 0 heterocycles. The molecule has 124 valence electrons. The van der Waals surface area contributed by atoms with E-state index < -0.39 is 22.0 Å². The maximum Gasteiger partial charge on any atom is 1.00 e. The molecule has 1 atom stereocenters. The number of anilines is 1. The van der Waals surface area contributed by atoms with E-state index in [1.165, 1.54) is 0 Å². The number of methoxy groups -OCH3 is 1. The number of benzene rings is 1. The van der Waals surface area contributed by atoms with Gasteiger partial charge in [0.2, 0.25) is 0 Å². The molecule has 8 nitrogen and oxygen atoms in total. The van der Waals surface area contributed by atoms with Gasteiger partial charge in [0, 0.05) is 24.8 Å². The zero-order chi connectivity index (χ0) is 14.5. The minimum atomic E-state index is -4.42. The smallest absolute Gasteiger partial charge is 0.748 e. The van der Waals surface area contributed by atoms with E-state index in [0.717, 1.165) is 5.69 Å². The van der Waals surface area contributed by atoms with Gasteiger partial charge in [0.15, 0.2) is 0 Å². The van der Waals surface area contributed by atoms with Crippen LogP contribution in [0.15, 0.2) is 24.3 Å².